The number of piperidine rings is 1. The van der Waals surface area contributed by atoms with Crippen LogP contribution in [0.2, 0.25) is 0 Å². The highest BCUT2D eigenvalue weighted by Gasteiger charge is 2.28. The van der Waals surface area contributed by atoms with Crippen molar-refractivity contribution in [3.8, 4) is 17.2 Å². The van der Waals surface area contributed by atoms with Gasteiger partial charge in [0.25, 0.3) is 11.5 Å². The number of fused-ring (bicyclic) bond motifs is 2. The lowest BCUT2D eigenvalue weighted by molar-refractivity contribution is 0.0855. The molecule has 1 fully saturated rings. The second kappa shape index (κ2) is 12.5. The Morgan fingerprint density at radius 3 is 2.51 bits per heavy atom. The third kappa shape index (κ3) is 6.25. The lowest BCUT2D eigenvalue weighted by Gasteiger charge is -2.37. The Hall–Kier alpha value is -4.25. The predicted molar refractivity (Wildman–Crippen MR) is 153 cm³/mol. The molecule has 2 aromatic carbocycles. The summed E-state index contributed by atoms with van der Waals surface area (Å²) >= 11 is 0. The molecule has 0 unspecified atom stereocenters. The first-order valence-electron chi connectivity index (χ1n) is 14.0. The summed E-state index contributed by atoms with van der Waals surface area (Å²) in [6.07, 6.45) is 0.435. The Balaban J connectivity index is 1.25. The van der Waals surface area contributed by atoms with E-state index in [-0.39, 0.29) is 24.1 Å². The number of carbonyl (C=O) groups is 2. The van der Waals surface area contributed by atoms with Crippen molar-refractivity contribution < 1.29 is 28.9 Å². The minimum Gasteiger partial charge on any atom is -0.497 e. The van der Waals surface area contributed by atoms with Crippen LogP contribution in [-0.4, -0.2) is 84.0 Å². The number of carbonyl (C=O) groups excluding carboxylic acids is 1. The van der Waals surface area contributed by atoms with Crippen molar-refractivity contribution in [1.82, 2.24) is 19.7 Å². The molecule has 218 valence electrons. The number of amides is 2. The zero-order chi connectivity index (χ0) is 28.9. The number of ether oxygens (including phenoxy) is 3. The molecule has 0 bridgehead atoms. The second-order valence-corrected chi connectivity index (χ2v) is 10.3. The molecule has 2 amide bonds. The number of likely N-dealkylation sites (tertiary alicyclic amines) is 1. The molecule has 0 atom stereocenters. The van der Waals surface area contributed by atoms with Crippen molar-refractivity contribution in [2.75, 3.05) is 46.5 Å². The van der Waals surface area contributed by atoms with Gasteiger partial charge in [-0.3, -0.25) is 9.59 Å². The highest BCUT2D eigenvalue weighted by Crippen LogP contribution is 2.32. The van der Waals surface area contributed by atoms with Crippen molar-refractivity contribution in [3.63, 3.8) is 0 Å². The average molecular weight is 565 g/mol. The van der Waals surface area contributed by atoms with Gasteiger partial charge in [0.2, 0.25) is 0 Å². The number of pyridine rings is 1. The van der Waals surface area contributed by atoms with Crippen LogP contribution < -0.4 is 25.1 Å². The van der Waals surface area contributed by atoms with E-state index in [2.05, 4.69) is 10.2 Å². The summed E-state index contributed by atoms with van der Waals surface area (Å²) in [5, 5.41) is 13.5. The van der Waals surface area contributed by atoms with E-state index < -0.39 is 6.09 Å². The van der Waals surface area contributed by atoms with Gasteiger partial charge in [0.15, 0.2) is 11.5 Å². The Morgan fingerprint density at radius 1 is 1.05 bits per heavy atom. The molecule has 11 nitrogen and oxygen atoms in total. The van der Waals surface area contributed by atoms with Crippen LogP contribution in [-0.2, 0) is 13.1 Å². The van der Waals surface area contributed by atoms with E-state index in [1.807, 2.05) is 31.2 Å². The number of hydrogen-bond donors (Lipinski definition) is 2. The summed E-state index contributed by atoms with van der Waals surface area (Å²) in [5.74, 6) is 1.65. The van der Waals surface area contributed by atoms with E-state index in [1.165, 1.54) is 11.0 Å². The Bertz CT molecular complexity index is 1480. The van der Waals surface area contributed by atoms with Gasteiger partial charge in [-0.1, -0.05) is 6.07 Å². The molecule has 3 heterocycles. The first-order valence-corrected chi connectivity index (χ1v) is 14.0. The van der Waals surface area contributed by atoms with Gasteiger partial charge in [-0.25, -0.2) is 4.79 Å². The molecule has 41 heavy (non-hydrogen) atoms. The SMILES string of the molecule is CCNC(=O)c1cc(=O)n(CCN2CCC(N(Cc3ccc4c(c3)OCCO4)C(=O)O)CC2)c2cc(OC)ccc12. The van der Waals surface area contributed by atoms with Crippen LogP contribution >= 0.6 is 0 Å². The molecular weight excluding hydrogens is 528 g/mol. The molecule has 2 aliphatic heterocycles. The second-order valence-electron chi connectivity index (χ2n) is 10.3. The van der Waals surface area contributed by atoms with Crippen molar-refractivity contribution in [3.05, 3.63) is 63.9 Å². The highest BCUT2D eigenvalue weighted by molar-refractivity contribution is 6.06. The maximum absolute atomic E-state index is 13.1. The summed E-state index contributed by atoms with van der Waals surface area (Å²) in [6, 6.07) is 12.2. The first-order chi connectivity index (χ1) is 19.9. The standard InChI is InChI=1S/C30H36N4O7/c1-3-31-29(36)24-18-28(35)33(25-17-22(39-2)5-6-23(24)25)13-12-32-10-8-21(9-11-32)34(30(37)38)19-20-4-7-26-27(16-20)41-15-14-40-26/h4-7,16-18,21H,3,8-15,19H2,1-2H3,(H,31,36)(H,37,38). The van der Waals surface area contributed by atoms with Crippen LogP contribution in [0.15, 0.2) is 47.3 Å². The molecule has 0 radical (unpaired) electrons. The molecule has 0 aliphatic carbocycles. The van der Waals surface area contributed by atoms with Crippen LogP contribution in [0.1, 0.15) is 35.7 Å². The summed E-state index contributed by atoms with van der Waals surface area (Å²) in [6.45, 7) is 6.03. The Kier molecular flexibility index (Phi) is 8.63. The summed E-state index contributed by atoms with van der Waals surface area (Å²) in [5.41, 5.74) is 1.60. The lowest BCUT2D eigenvalue weighted by Crippen LogP contribution is -2.47. The fourth-order valence-electron chi connectivity index (χ4n) is 5.59. The van der Waals surface area contributed by atoms with Gasteiger partial charge in [-0.2, -0.15) is 0 Å². The van der Waals surface area contributed by atoms with Crippen molar-refractivity contribution in [1.29, 1.82) is 0 Å². The van der Waals surface area contributed by atoms with Crippen LogP contribution in [0, 0.1) is 0 Å². The molecule has 1 saturated heterocycles. The third-order valence-electron chi connectivity index (χ3n) is 7.74. The molecule has 2 N–H and O–H groups in total. The van der Waals surface area contributed by atoms with Crippen molar-refractivity contribution in [2.45, 2.75) is 38.9 Å². The van der Waals surface area contributed by atoms with Crippen molar-refractivity contribution in [2.24, 2.45) is 0 Å². The van der Waals surface area contributed by atoms with Gasteiger partial charge in [-0.05, 0) is 49.6 Å². The van der Waals surface area contributed by atoms with Gasteiger partial charge < -0.3 is 39.0 Å². The average Bonchev–Trinajstić information content (AvgIpc) is 2.99. The predicted octanol–water partition coefficient (Wildman–Crippen LogP) is 3.18. The molecule has 1 aromatic heterocycles. The number of benzene rings is 2. The molecule has 0 spiro atoms. The van der Waals surface area contributed by atoms with E-state index in [4.69, 9.17) is 14.2 Å². The molecule has 5 rings (SSSR count). The number of nitrogens with one attached hydrogen (secondary N) is 1. The molecule has 0 saturated carbocycles. The molecule has 11 heteroatoms. The molecular formula is C30H36N4O7. The lowest BCUT2D eigenvalue weighted by atomic mass is 10.0. The zero-order valence-electron chi connectivity index (χ0n) is 23.4. The van der Waals surface area contributed by atoms with E-state index in [0.29, 0.717) is 92.5 Å². The third-order valence-corrected chi connectivity index (χ3v) is 7.74. The zero-order valence-corrected chi connectivity index (χ0v) is 23.4. The van der Waals surface area contributed by atoms with Crippen LogP contribution in [0.3, 0.4) is 0 Å². The number of carboxylic acid groups (broad SMARTS) is 1. The monoisotopic (exact) mass is 564 g/mol. The fraction of sp³-hybridized carbons (Fsp3) is 0.433. The van der Waals surface area contributed by atoms with Gasteiger partial charge in [0.05, 0.1) is 18.2 Å². The Labute approximate surface area is 238 Å². The quantitative estimate of drug-likeness (QED) is 0.407. The van der Waals surface area contributed by atoms with Gasteiger partial charge in [0, 0.05) is 62.8 Å². The topological polar surface area (TPSA) is 123 Å². The van der Waals surface area contributed by atoms with Crippen LogP contribution in [0.4, 0.5) is 4.79 Å². The number of nitrogens with zero attached hydrogens (tertiary/aromatic N) is 3. The van der Waals surface area contributed by atoms with Gasteiger partial charge >= 0.3 is 6.09 Å². The smallest absolute Gasteiger partial charge is 0.407 e. The number of hydrogen-bond acceptors (Lipinski definition) is 7. The highest BCUT2D eigenvalue weighted by atomic mass is 16.6. The van der Waals surface area contributed by atoms with Crippen molar-refractivity contribution >= 4 is 22.9 Å². The molecule has 3 aromatic rings. The number of rotatable bonds is 9. The summed E-state index contributed by atoms with van der Waals surface area (Å²) < 4.78 is 18.3. The largest absolute Gasteiger partial charge is 0.497 e. The number of aromatic nitrogens is 1. The van der Waals surface area contributed by atoms with Crippen LogP contribution in [0.25, 0.3) is 10.9 Å². The summed E-state index contributed by atoms with van der Waals surface area (Å²) in [4.78, 5) is 41.7. The maximum Gasteiger partial charge on any atom is 0.407 e. The van der Waals surface area contributed by atoms with Crippen LogP contribution in [0.5, 0.6) is 17.2 Å². The normalized spacial score (nSPS) is 15.5. The van der Waals surface area contributed by atoms with E-state index in [9.17, 15) is 19.5 Å². The fourth-order valence-corrected chi connectivity index (χ4v) is 5.59. The van der Waals surface area contributed by atoms with Gasteiger partial charge in [-0.15, -0.1) is 0 Å². The maximum atomic E-state index is 13.1. The summed E-state index contributed by atoms with van der Waals surface area (Å²) in [7, 11) is 1.57. The van der Waals surface area contributed by atoms with E-state index in [1.54, 1.807) is 23.8 Å². The van der Waals surface area contributed by atoms with E-state index in [0.717, 1.165) is 5.56 Å². The van der Waals surface area contributed by atoms with Gasteiger partial charge in [0.1, 0.15) is 19.0 Å². The minimum absolute atomic E-state index is 0.110. The Morgan fingerprint density at radius 2 is 1.80 bits per heavy atom. The van der Waals surface area contributed by atoms with E-state index >= 15 is 0 Å². The molecule has 2 aliphatic rings. The number of methoxy groups -OCH3 is 1. The first kappa shape index (κ1) is 28.3. The minimum atomic E-state index is -0.947.